The molecule has 5 heteroatoms. The molecule has 1 saturated heterocycles. The lowest BCUT2D eigenvalue weighted by Gasteiger charge is -2.25. The van der Waals surface area contributed by atoms with E-state index in [4.69, 9.17) is 9.72 Å². The molecule has 1 aromatic carbocycles. The summed E-state index contributed by atoms with van der Waals surface area (Å²) in [6.07, 6.45) is 4.17. The molecule has 1 fully saturated rings. The third kappa shape index (κ3) is 5.43. The van der Waals surface area contributed by atoms with Crippen molar-refractivity contribution in [3.8, 4) is 5.75 Å². The van der Waals surface area contributed by atoms with Crippen LogP contribution in [0.25, 0.3) is 0 Å². The van der Waals surface area contributed by atoms with Crippen molar-refractivity contribution in [2.24, 2.45) is 0 Å². The number of likely N-dealkylation sites (tertiary alicyclic amines) is 1. The van der Waals surface area contributed by atoms with Crippen LogP contribution in [0.4, 0.5) is 0 Å². The lowest BCUT2D eigenvalue weighted by Crippen LogP contribution is -2.24. The third-order valence-electron chi connectivity index (χ3n) is 5.41. The highest BCUT2D eigenvalue weighted by atomic mass is 16.5. The standard InChI is InChI=1S/C25H30N4O/c1-28(2)18-21-10-6-12-24(27-21)25-13-7-15-29(25)17-20-8-5-11-23(16-20)30-19-22-9-3-4-14-26-22/h3-6,8-12,14,16,25H,7,13,15,17-19H2,1-2H3/t25-/m0/s1. The van der Waals surface area contributed by atoms with E-state index in [0.29, 0.717) is 12.6 Å². The number of rotatable bonds is 8. The molecule has 0 N–H and O–H groups in total. The Morgan fingerprint density at radius 2 is 1.90 bits per heavy atom. The molecule has 0 radical (unpaired) electrons. The summed E-state index contributed by atoms with van der Waals surface area (Å²) in [5.74, 6) is 0.889. The van der Waals surface area contributed by atoms with Gasteiger partial charge in [0.25, 0.3) is 0 Å². The molecule has 30 heavy (non-hydrogen) atoms. The van der Waals surface area contributed by atoms with Gasteiger partial charge in [-0.1, -0.05) is 24.3 Å². The highest BCUT2D eigenvalue weighted by Gasteiger charge is 2.27. The van der Waals surface area contributed by atoms with E-state index in [1.165, 1.54) is 17.7 Å². The van der Waals surface area contributed by atoms with Gasteiger partial charge in [0.05, 0.1) is 23.1 Å². The molecule has 1 aliphatic heterocycles. The highest BCUT2D eigenvalue weighted by Crippen LogP contribution is 2.32. The Labute approximate surface area is 179 Å². The van der Waals surface area contributed by atoms with Crippen molar-refractivity contribution >= 4 is 0 Å². The summed E-state index contributed by atoms with van der Waals surface area (Å²) in [5, 5.41) is 0. The lowest BCUT2D eigenvalue weighted by atomic mass is 10.1. The Balaban J connectivity index is 1.42. The van der Waals surface area contributed by atoms with Crippen LogP contribution in [0, 0.1) is 0 Å². The van der Waals surface area contributed by atoms with Gasteiger partial charge in [-0.2, -0.15) is 0 Å². The summed E-state index contributed by atoms with van der Waals surface area (Å²) < 4.78 is 5.96. The van der Waals surface area contributed by atoms with Gasteiger partial charge in [0.1, 0.15) is 12.4 Å². The van der Waals surface area contributed by atoms with Crippen molar-refractivity contribution < 1.29 is 4.74 Å². The van der Waals surface area contributed by atoms with Crippen molar-refractivity contribution in [1.82, 2.24) is 19.8 Å². The lowest BCUT2D eigenvalue weighted by molar-refractivity contribution is 0.242. The zero-order chi connectivity index (χ0) is 20.8. The van der Waals surface area contributed by atoms with Gasteiger partial charge in [0.2, 0.25) is 0 Å². The summed E-state index contributed by atoms with van der Waals surface area (Å²) in [4.78, 5) is 14.0. The Hall–Kier alpha value is -2.76. The van der Waals surface area contributed by atoms with Crippen LogP contribution in [-0.4, -0.2) is 40.4 Å². The van der Waals surface area contributed by atoms with Crippen LogP contribution in [0.15, 0.2) is 66.9 Å². The maximum atomic E-state index is 5.96. The topological polar surface area (TPSA) is 41.5 Å². The van der Waals surface area contributed by atoms with Gasteiger partial charge in [-0.3, -0.25) is 14.9 Å². The van der Waals surface area contributed by atoms with E-state index in [1.54, 1.807) is 6.20 Å². The van der Waals surface area contributed by atoms with E-state index in [-0.39, 0.29) is 0 Å². The van der Waals surface area contributed by atoms with E-state index in [9.17, 15) is 0 Å². The monoisotopic (exact) mass is 402 g/mol. The Kier molecular flexibility index (Phi) is 6.72. The first-order valence-electron chi connectivity index (χ1n) is 10.6. The summed E-state index contributed by atoms with van der Waals surface area (Å²) in [6, 6.07) is 21.1. The molecule has 0 aliphatic carbocycles. The van der Waals surface area contributed by atoms with Gasteiger partial charge in [0, 0.05) is 19.3 Å². The maximum absolute atomic E-state index is 5.96. The van der Waals surface area contributed by atoms with Gasteiger partial charge in [-0.15, -0.1) is 0 Å². The van der Waals surface area contributed by atoms with Gasteiger partial charge in [0.15, 0.2) is 0 Å². The first kappa shape index (κ1) is 20.5. The van der Waals surface area contributed by atoms with Crippen molar-refractivity contribution in [3.05, 3.63) is 89.5 Å². The largest absolute Gasteiger partial charge is 0.487 e. The molecule has 0 bridgehead atoms. The van der Waals surface area contributed by atoms with Crippen LogP contribution < -0.4 is 4.74 Å². The minimum Gasteiger partial charge on any atom is -0.487 e. The minimum absolute atomic E-state index is 0.380. The second kappa shape index (κ2) is 9.83. The molecular weight excluding hydrogens is 372 g/mol. The van der Waals surface area contributed by atoms with Crippen LogP contribution >= 0.6 is 0 Å². The number of hydrogen-bond donors (Lipinski definition) is 0. The molecule has 1 atom stereocenters. The highest BCUT2D eigenvalue weighted by molar-refractivity contribution is 5.29. The predicted molar refractivity (Wildman–Crippen MR) is 119 cm³/mol. The Morgan fingerprint density at radius 3 is 2.73 bits per heavy atom. The number of ether oxygens (including phenoxy) is 1. The zero-order valence-electron chi connectivity index (χ0n) is 17.9. The quantitative estimate of drug-likeness (QED) is 0.557. The summed E-state index contributed by atoms with van der Waals surface area (Å²) in [6.45, 7) is 3.36. The summed E-state index contributed by atoms with van der Waals surface area (Å²) in [7, 11) is 4.16. The molecule has 0 spiro atoms. The molecule has 1 aliphatic rings. The molecule has 0 saturated carbocycles. The normalized spacial score (nSPS) is 16.8. The van der Waals surface area contributed by atoms with Crippen molar-refractivity contribution in [2.75, 3.05) is 20.6 Å². The van der Waals surface area contributed by atoms with Crippen LogP contribution in [0.1, 0.15) is 41.5 Å². The molecule has 5 nitrogen and oxygen atoms in total. The van der Waals surface area contributed by atoms with E-state index >= 15 is 0 Å². The second-order valence-corrected chi connectivity index (χ2v) is 8.18. The Morgan fingerprint density at radius 1 is 1.03 bits per heavy atom. The maximum Gasteiger partial charge on any atom is 0.130 e. The first-order chi connectivity index (χ1) is 14.7. The van der Waals surface area contributed by atoms with Crippen LogP contribution in [0.3, 0.4) is 0 Å². The summed E-state index contributed by atoms with van der Waals surface area (Å²) in [5.41, 5.74) is 4.53. The smallest absolute Gasteiger partial charge is 0.130 e. The van der Waals surface area contributed by atoms with Gasteiger partial charge < -0.3 is 9.64 Å². The van der Waals surface area contributed by atoms with Crippen molar-refractivity contribution in [2.45, 2.75) is 38.6 Å². The van der Waals surface area contributed by atoms with Gasteiger partial charge >= 0.3 is 0 Å². The fourth-order valence-corrected chi connectivity index (χ4v) is 4.06. The number of hydrogen-bond acceptors (Lipinski definition) is 5. The number of aromatic nitrogens is 2. The van der Waals surface area contributed by atoms with Crippen LogP contribution in [-0.2, 0) is 19.7 Å². The first-order valence-corrected chi connectivity index (χ1v) is 10.6. The van der Waals surface area contributed by atoms with Gasteiger partial charge in [-0.05, 0) is 75.4 Å². The minimum atomic E-state index is 0.380. The van der Waals surface area contributed by atoms with Gasteiger partial charge in [-0.25, -0.2) is 0 Å². The van der Waals surface area contributed by atoms with E-state index in [2.05, 4.69) is 65.3 Å². The Bertz CT molecular complexity index is 945. The van der Waals surface area contributed by atoms with E-state index in [0.717, 1.165) is 43.2 Å². The van der Waals surface area contributed by atoms with Crippen LogP contribution in [0.5, 0.6) is 5.75 Å². The van der Waals surface area contributed by atoms with Crippen molar-refractivity contribution in [1.29, 1.82) is 0 Å². The SMILES string of the molecule is CN(C)Cc1cccc([C@@H]2CCCN2Cc2cccc(OCc3ccccn3)c2)n1. The average Bonchev–Trinajstić information content (AvgIpc) is 3.21. The number of pyridine rings is 2. The molecule has 0 unspecified atom stereocenters. The fourth-order valence-electron chi connectivity index (χ4n) is 4.06. The summed E-state index contributed by atoms with van der Waals surface area (Å²) >= 11 is 0. The van der Waals surface area contributed by atoms with Crippen molar-refractivity contribution in [3.63, 3.8) is 0 Å². The molecule has 156 valence electrons. The second-order valence-electron chi connectivity index (χ2n) is 8.18. The van der Waals surface area contributed by atoms with E-state index < -0.39 is 0 Å². The zero-order valence-corrected chi connectivity index (χ0v) is 17.9. The number of benzene rings is 1. The third-order valence-corrected chi connectivity index (χ3v) is 5.41. The van der Waals surface area contributed by atoms with E-state index in [1.807, 2.05) is 24.3 Å². The molecule has 0 amide bonds. The van der Waals surface area contributed by atoms with Crippen LogP contribution in [0.2, 0.25) is 0 Å². The molecular formula is C25H30N4O. The average molecular weight is 403 g/mol. The predicted octanol–water partition coefficient (Wildman–Crippen LogP) is 4.45. The molecule has 3 aromatic rings. The molecule has 3 heterocycles. The molecule has 4 rings (SSSR count). The number of nitrogens with zero attached hydrogens (tertiary/aromatic N) is 4. The fraction of sp³-hybridized carbons (Fsp3) is 0.360. The molecule has 2 aromatic heterocycles.